The third kappa shape index (κ3) is 1.19. The lowest BCUT2D eigenvalue weighted by Crippen LogP contribution is -2.05. The van der Waals surface area contributed by atoms with Gasteiger partial charge in [-0.15, -0.1) is 17.8 Å². The molecular formula is C5H5N3S. The fourth-order valence-electron chi connectivity index (χ4n) is 0.406. The van der Waals surface area contributed by atoms with Crippen LogP contribution >= 0.6 is 11.3 Å². The Bertz CT molecular complexity index is 235. The van der Waals surface area contributed by atoms with E-state index in [2.05, 4.69) is 16.3 Å². The summed E-state index contributed by atoms with van der Waals surface area (Å²) in [6, 6.07) is 0. The van der Waals surface area contributed by atoms with Crippen LogP contribution in [0.1, 0.15) is 5.69 Å². The highest BCUT2D eigenvalue weighted by molar-refractivity contribution is 7.13. The number of nitrogens with one attached hydrogen (secondary N) is 1. The Morgan fingerprint density at radius 1 is 1.89 bits per heavy atom. The maximum atomic E-state index is 5.05. The zero-order valence-corrected chi connectivity index (χ0v) is 5.40. The van der Waals surface area contributed by atoms with E-state index in [1.54, 1.807) is 5.38 Å². The smallest absolute Gasteiger partial charge is 0.198 e. The Morgan fingerprint density at radius 2 is 2.67 bits per heavy atom. The maximum absolute atomic E-state index is 5.05. The van der Waals surface area contributed by atoms with Crippen molar-refractivity contribution < 1.29 is 0 Å². The van der Waals surface area contributed by atoms with Crippen molar-refractivity contribution in [3.8, 4) is 12.3 Å². The normalized spacial score (nSPS) is 8.44. The van der Waals surface area contributed by atoms with Gasteiger partial charge in [-0.1, -0.05) is 0 Å². The lowest BCUT2D eigenvalue weighted by atomic mass is 10.5. The molecule has 4 heteroatoms. The Labute approximate surface area is 56.9 Å². The van der Waals surface area contributed by atoms with Crippen molar-refractivity contribution in [2.45, 2.75) is 0 Å². The number of aromatic nitrogens is 1. The molecule has 1 heterocycles. The summed E-state index contributed by atoms with van der Waals surface area (Å²) in [5.41, 5.74) is 3.01. The quantitative estimate of drug-likeness (QED) is 0.336. The van der Waals surface area contributed by atoms with Gasteiger partial charge in [-0.3, -0.25) is 5.43 Å². The van der Waals surface area contributed by atoms with Gasteiger partial charge in [0.2, 0.25) is 0 Å². The fourth-order valence-corrected chi connectivity index (χ4v) is 0.969. The monoisotopic (exact) mass is 139 g/mol. The average molecular weight is 139 g/mol. The van der Waals surface area contributed by atoms with Gasteiger partial charge in [-0.05, 0) is 5.92 Å². The Kier molecular flexibility index (Phi) is 1.68. The molecule has 0 amide bonds. The van der Waals surface area contributed by atoms with Crippen LogP contribution in [0.15, 0.2) is 5.38 Å². The van der Waals surface area contributed by atoms with Crippen LogP contribution in [0.3, 0.4) is 0 Å². The summed E-state index contributed by atoms with van der Waals surface area (Å²) in [5.74, 6) is 7.43. The van der Waals surface area contributed by atoms with Crippen LogP contribution in [0, 0.1) is 12.3 Å². The van der Waals surface area contributed by atoms with Gasteiger partial charge in [0, 0.05) is 5.38 Å². The van der Waals surface area contributed by atoms with Crippen molar-refractivity contribution in [1.82, 2.24) is 4.98 Å². The van der Waals surface area contributed by atoms with Crippen molar-refractivity contribution in [3.63, 3.8) is 0 Å². The molecule has 46 valence electrons. The largest absolute Gasteiger partial charge is 0.300 e. The summed E-state index contributed by atoms with van der Waals surface area (Å²) in [7, 11) is 0. The summed E-state index contributed by atoms with van der Waals surface area (Å²) in [4.78, 5) is 3.89. The first-order valence-electron chi connectivity index (χ1n) is 2.25. The number of thiazole rings is 1. The van der Waals surface area contributed by atoms with Crippen molar-refractivity contribution in [2.75, 3.05) is 5.43 Å². The number of rotatable bonds is 1. The van der Waals surface area contributed by atoms with E-state index in [-0.39, 0.29) is 0 Å². The van der Waals surface area contributed by atoms with E-state index < -0.39 is 0 Å². The third-order valence-corrected chi connectivity index (χ3v) is 1.55. The molecule has 0 saturated carbocycles. The first-order valence-corrected chi connectivity index (χ1v) is 3.13. The molecule has 0 bridgehead atoms. The topological polar surface area (TPSA) is 50.9 Å². The van der Waals surface area contributed by atoms with Gasteiger partial charge in [0.1, 0.15) is 5.69 Å². The Hall–Kier alpha value is -1.05. The summed E-state index contributed by atoms with van der Waals surface area (Å²) >= 11 is 1.38. The van der Waals surface area contributed by atoms with Gasteiger partial charge < -0.3 is 0 Å². The van der Waals surface area contributed by atoms with E-state index in [4.69, 9.17) is 12.3 Å². The van der Waals surface area contributed by atoms with E-state index in [1.165, 1.54) is 11.3 Å². The number of anilines is 1. The molecular weight excluding hydrogens is 134 g/mol. The number of hydrogen-bond donors (Lipinski definition) is 2. The second-order valence-electron chi connectivity index (χ2n) is 1.33. The molecule has 0 fully saturated rings. The van der Waals surface area contributed by atoms with E-state index in [1.807, 2.05) is 0 Å². The van der Waals surface area contributed by atoms with Gasteiger partial charge in [-0.25, -0.2) is 10.8 Å². The molecule has 0 aliphatic heterocycles. The lowest BCUT2D eigenvalue weighted by Gasteiger charge is -1.85. The SMILES string of the molecule is C#Cc1csc(NN)n1. The number of nitrogens with zero attached hydrogens (tertiary/aromatic N) is 1. The molecule has 0 unspecified atom stereocenters. The van der Waals surface area contributed by atoms with Crippen LogP contribution in [0.5, 0.6) is 0 Å². The van der Waals surface area contributed by atoms with Crippen molar-refractivity contribution in [1.29, 1.82) is 0 Å². The van der Waals surface area contributed by atoms with Gasteiger partial charge >= 0.3 is 0 Å². The number of hydrogen-bond acceptors (Lipinski definition) is 4. The Balaban J connectivity index is 2.90. The molecule has 0 atom stereocenters. The van der Waals surface area contributed by atoms with Crippen molar-refractivity contribution >= 4 is 16.5 Å². The molecule has 0 aliphatic rings. The van der Waals surface area contributed by atoms with E-state index in [9.17, 15) is 0 Å². The zero-order valence-electron chi connectivity index (χ0n) is 4.59. The van der Waals surface area contributed by atoms with E-state index >= 15 is 0 Å². The summed E-state index contributed by atoms with van der Waals surface area (Å²) in [6.45, 7) is 0. The minimum Gasteiger partial charge on any atom is -0.300 e. The zero-order chi connectivity index (χ0) is 6.69. The second-order valence-corrected chi connectivity index (χ2v) is 2.18. The molecule has 1 aromatic rings. The van der Waals surface area contributed by atoms with Crippen LogP contribution in [0.25, 0.3) is 0 Å². The van der Waals surface area contributed by atoms with Crippen LogP contribution < -0.4 is 11.3 Å². The van der Waals surface area contributed by atoms with E-state index in [0.29, 0.717) is 10.8 Å². The summed E-state index contributed by atoms with van der Waals surface area (Å²) < 4.78 is 0. The third-order valence-electron chi connectivity index (χ3n) is 0.776. The molecule has 0 saturated heterocycles. The van der Waals surface area contributed by atoms with Crippen LogP contribution in [0.2, 0.25) is 0 Å². The number of nitrogens with two attached hydrogens (primary N) is 1. The summed E-state index contributed by atoms with van der Waals surface area (Å²) in [6.07, 6.45) is 5.04. The first kappa shape index (κ1) is 6.08. The molecule has 1 aromatic heterocycles. The van der Waals surface area contributed by atoms with Crippen LogP contribution in [-0.4, -0.2) is 4.98 Å². The van der Waals surface area contributed by atoms with Gasteiger partial charge in [0.15, 0.2) is 5.13 Å². The fraction of sp³-hybridized carbons (Fsp3) is 0. The van der Waals surface area contributed by atoms with E-state index in [0.717, 1.165) is 0 Å². The molecule has 3 N–H and O–H groups in total. The number of nitrogen functional groups attached to an aromatic ring is 1. The summed E-state index contributed by atoms with van der Waals surface area (Å²) in [5, 5.41) is 2.40. The highest BCUT2D eigenvalue weighted by Gasteiger charge is 1.93. The number of terminal acetylenes is 1. The second kappa shape index (κ2) is 2.49. The lowest BCUT2D eigenvalue weighted by molar-refractivity contribution is 1.27. The van der Waals surface area contributed by atoms with Gasteiger partial charge in [0.25, 0.3) is 0 Å². The molecule has 0 aliphatic carbocycles. The minimum atomic E-state index is 0.618. The first-order chi connectivity index (χ1) is 4.36. The molecule has 0 spiro atoms. The minimum absolute atomic E-state index is 0.618. The van der Waals surface area contributed by atoms with Crippen LogP contribution in [0.4, 0.5) is 5.13 Å². The van der Waals surface area contributed by atoms with Crippen molar-refractivity contribution in [2.24, 2.45) is 5.84 Å². The highest BCUT2D eigenvalue weighted by atomic mass is 32.1. The van der Waals surface area contributed by atoms with Gasteiger partial charge in [-0.2, -0.15) is 0 Å². The Morgan fingerprint density at radius 3 is 3.00 bits per heavy atom. The maximum Gasteiger partial charge on any atom is 0.198 e. The molecule has 3 nitrogen and oxygen atoms in total. The number of hydrazine groups is 1. The molecule has 0 radical (unpaired) electrons. The molecule has 9 heavy (non-hydrogen) atoms. The van der Waals surface area contributed by atoms with Crippen LogP contribution in [-0.2, 0) is 0 Å². The average Bonchev–Trinajstić information content (AvgIpc) is 2.34. The van der Waals surface area contributed by atoms with Crippen molar-refractivity contribution in [3.05, 3.63) is 11.1 Å². The molecule has 0 aromatic carbocycles. The standard InChI is InChI=1S/C5H5N3S/c1-2-4-3-9-5(7-4)8-6/h1,3H,6H2,(H,7,8). The van der Waals surface area contributed by atoms with Gasteiger partial charge in [0.05, 0.1) is 0 Å². The highest BCUT2D eigenvalue weighted by Crippen LogP contribution is 2.11. The molecule has 1 rings (SSSR count). The predicted octanol–water partition coefficient (Wildman–Crippen LogP) is 0.410. The predicted molar refractivity (Wildman–Crippen MR) is 37.9 cm³/mol.